The van der Waals surface area contributed by atoms with Gasteiger partial charge in [0.1, 0.15) is 17.1 Å². The van der Waals surface area contributed by atoms with Crippen molar-refractivity contribution in [2.75, 3.05) is 10.6 Å². The summed E-state index contributed by atoms with van der Waals surface area (Å²) < 4.78 is 15.9. The Kier molecular flexibility index (Phi) is 3.37. The number of carbonyl (C=O) groups is 1. The van der Waals surface area contributed by atoms with E-state index in [1.807, 2.05) is 54.6 Å². The third-order valence-electron chi connectivity index (χ3n) is 6.91. The van der Waals surface area contributed by atoms with E-state index in [-0.39, 0.29) is 17.0 Å². The summed E-state index contributed by atoms with van der Waals surface area (Å²) in [4.78, 5) is 27.7. The van der Waals surface area contributed by atoms with E-state index in [0.717, 1.165) is 22.4 Å². The van der Waals surface area contributed by atoms with Crippen molar-refractivity contribution in [1.29, 1.82) is 0 Å². The zero-order valence-electron chi connectivity index (χ0n) is 17.3. The smallest absolute Gasteiger partial charge is 0.278 e. The number of hydrogen-bond acceptors (Lipinski definition) is 3. The summed E-state index contributed by atoms with van der Waals surface area (Å²) in [5.41, 5.74) is 3.70. The predicted octanol–water partition coefficient (Wildman–Crippen LogP) is 3.94. The number of nitrogens with one attached hydrogen (secondary N) is 3. The van der Waals surface area contributed by atoms with Crippen molar-refractivity contribution in [2.24, 2.45) is 0 Å². The van der Waals surface area contributed by atoms with Crippen LogP contribution in [0.25, 0.3) is 11.4 Å². The van der Waals surface area contributed by atoms with Gasteiger partial charge in [-0.2, -0.15) is 0 Å². The lowest BCUT2D eigenvalue weighted by molar-refractivity contribution is -0.118. The van der Waals surface area contributed by atoms with E-state index in [1.54, 1.807) is 6.07 Å². The van der Waals surface area contributed by atoms with Gasteiger partial charge < -0.3 is 10.6 Å². The van der Waals surface area contributed by atoms with E-state index in [0.29, 0.717) is 29.2 Å². The highest BCUT2D eigenvalue weighted by Crippen LogP contribution is 2.56. The lowest BCUT2D eigenvalue weighted by Gasteiger charge is -2.33. The van der Waals surface area contributed by atoms with Crippen LogP contribution in [0.2, 0.25) is 0 Å². The molecular weight excluding hydrogens is 419 g/mol. The van der Waals surface area contributed by atoms with Crippen LogP contribution in [0.3, 0.4) is 0 Å². The average Bonchev–Trinajstić information content (AvgIpc) is 3.46. The Balaban J connectivity index is 1.59. The SMILES string of the molecule is O=C1Nc2ccc(F)cc2C12C1=C(Nc3[nH]n(-c4ccccc4)c(=O)c32)c2ccccc2C1. The quantitative estimate of drug-likeness (QED) is 0.423. The monoisotopic (exact) mass is 436 g/mol. The van der Waals surface area contributed by atoms with Gasteiger partial charge in [0.15, 0.2) is 0 Å². The van der Waals surface area contributed by atoms with Crippen molar-refractivity contribution in [1.82, 2.24) is 9.78 Å². The highest BCUT2D eigenvalue weighted by Gasteiger charge is 2.58. The number of amides is 1. The summed E-state index contributed by atoms with van der Waals surface area (Å²) in [6, 6.07) is 21.3. The number of H-pyrrole nitrogens is 1. The van der Waals surface area contributed by atoms with Crippen LogP contribution in [0.15, 0.2) is 83.2 Å². The van der Waals surface area contributed by atoms with Crippen molar-refractivity contribution in [3.8, 4) is 5.69 Å². The van der Waals surface area contributed by atoms with E-state index in [2.05, 4.69) is 15.7 Å². The second kappa shape index (κ2) is 6.10. The van der Waals surface area contributed by atoms with Crippen LogP contribution < -0.4 is 16.2 Å². The van der Waals surface area contributed by atoms with Crippen LogP contribution in [0, 0.1) is 5.82 Å². The van der Waals surface area contributed by atoms with Crippen LogP contribution in [-0.4, -0.2) is 15.7 Å². The third kappa shape index (κ3) is 2.16. The Morgan fingerprint density at radius 3 is 2.55 bits per heavy atom. The number of para-hydroxylation sites is 1. The lowest BCUT2D eigenvalue weighted by Crippen LogP contribution is -2.44. The van der Waals surface area contributed by atoms with Gasteiger partial charge in [0.25, 0.3) is 5.56 Å². The Labute approximate surface area is 187 Å². The van der Waals surface area contributed by atoms with Gasteiger partial charge in [0, 0.05) is 22.5 Å². The van der Waals surface area contributed by atoms with Gasteiger partial charge in [-0.15, -0.1) is 0 Å². The van der Waals surface area contributed by atoms with Crippen LogP contribution in [0.4, 0.5) is 15.9 Å². The lowest BCUT2D eigenvalue weighted by atomic mass is 9.68. The molecule has 3 aromatic carbocycles. The van der Waals surface area contributed by atoms with Crippen LogP contribution >= 0.6 is 0 Å². The normalized spacial score (nSPS) is 19.6. The molecule has 1 atom stereocenters. The number of carbonyl (C=O) groups excluding carboxylic acids is 1. The Hall–Kier alpha value is -4.39. The number of nitrogens with zero attached hydrogens (tertiary/aromatic N) is 1. The topological polar surface area (TPSA) is 78.9 Å². The fraction of sp³-hybridized carbons (Fsp3) is 0.0769. The molecule has 0 saturated carbocycles. The Morgan fingerprint density at radius 1 is 0.909 bits per heavy atom. The molecule has 1 amide bonds. The van der Waals surface area contributed by atoms with Crippen molar-refractivity contribution in [3.05, 3.63) is 117 Å². The first-order valence-corrected chi connectivity index (χ1v) is 10.7. The van der Waals surface area contributed by atoms with Crippen molar-refractivity contribution < 1.29 is 9.18 Å². The van der Waals surface area contributed by atoms with E-state index >= 15 is 0 Å². The second-order valence-corrected chi connectivity index (χ2v) is 8.54. The van der Waals surface area contributed by atoms with Gasteiger partial charge in [-0.3, -0.25) is 14.7 Å². The standard InChI is InChI=1S/C26H17FN4O2/c27-15-10-11-20-18(13-15)26(25(33)28-20)19-12-14-6-4-5-9-17(14)22(19)29-23-21(26)24(32)31(30-23)16-7-2-1-3-8-16/h1-11,13,29-30H,12H2,(H,28,33). The first-order valence-electron chi connectivity index (χ1n) is 10.7. The third-order valence-corrected chi connectivity index (χ3v) is 6.91. The number of halogens is 1. The molecule has 7 rings (SSSR count). The van der Waals surface area contributed by atoms with Crippen molar-refractivity contribution >= 4 is 23.1 Å². The van der Waals surface area contributed by atoms with E-state index in [4.69, 9.17) is 0 Å². The molecule has 0 saturated heterocycles. The molecule has 2 aliphatic heterocycles. The summed E-state index contributed by atoms with van der Waals surface area (Å²) in [5, 5.41) is 9.47. The molecule has 0 radical (unpaired) electrons. The zero-order valence-corrected chi connectivity index (χ0v) is 17.3. The van der Waals surface area contributed by atoms with Gasteiger partial charge >= 0.3 is 0 Å². The fourth-order valence-corrected chi connectivity index (χ4v) is 5.55. The molecule has 6 nitrogen and oxygen atoms in total. The summed E-state index contributed by atoms with van der Waals surface area (Å²) in [5.74, 6) is -0.365. The summed E-state index contributed by atoms with van der Waals surface area (Å²) in [6.45, 7) is 0. The molecule has 33 heavy (non-hydrogen) atoms. The largest absolute Gasteiger partial charge is 0.340 e. The van der Waals surface area contributed by atoms with Crippen molar-refractivity contribution in [3.63, 3.8) is 0 Å². The van der Waals surface area contributed by atoms with Gasteiger partial charge in [-0.1, -0.05) is 42.5 Å². The molecule has 1 unspecified atom stereocenters. The molecule has 1 aromatic heterocycles. The number of benzene rings is 3. The minimum Gasteiger partial charge on any atom is -0.340 e. The molecule has 4 aromatic rings. The van der Waals surface area contributed by atoms with Gasteiger partial charge in [0.05, 0.1) is 11.3 Å². The molecular formula is C26H17FN4O2. The van der Waals surface area contributed by atoms with Crippen LogP contribution in [0.1, 0.15) is 22.3 Å². The van der Waals surface area contributed by atoms with E-state index in [1.165, 1.54) is 16.8 Å². The van der Waals surface area contributed by atoms with Gasteiger partial charge in [0.2, 0.25) is 5.91 Å². The first-order chi connectivity index (χ1) is 16.1. The van der Waals surface area contributed by atoms with Crippen molar-refractivity contribution in [2.45, 2.75) is 11.8 Å². The molecule has 0 bridgehead atoms. The molecule has 3 N–H and O–H groups in total. The average molecular weight is 436 g/mol. The highest BCUT2D eigenvalue weighted by molar-refractivity contribution is 6.15. The number of anilines is 2. The molecule has 0 fully saturated rings. The fourth-order valence-electron chi connectivity index (χ4n) is 5.55. The number of aromatic amines is 1. The van der Waals surface area contributed by atoms with Crippen LogP contribution in [0.5, 0.6) is 0 Å². The maximum absolute atomic E-state index is 14.5. The van der Waals surface area contributed by atoms with Crippen LogP contribution in [-0.2, 0) is 16.6 Å². The maximum atomic E-state index is 14.5. The number of aromatic nitrogens is 2. The molecule has 1 aliphatic carbocycles. The predicted molar refractivity (Wildman–Crippen MR) is 123 cm³/mol. The second-order valence-electron chi connectivity index (χ2n) is 8.54. The maximum Gasteiger partial charge on any atom is 0.278 e. The Morgan fingerprint density at radius 2 is 1.70 bits per heavy atom. The molecule has 3 heterocycles. The minimum absolute atomic E-state index is 0.278. The number of rotatable bonds is 1. The number of fused-ring (bicyclic) bond motifs is 7. The minimum atomic E-state index is -1.43. The Bertz CT molecular complexity index is 1600. The van der Waals surface area contributed by atoms with Gasteiger partial charge in [-0.05, 0) is 47.9 Å². The summed E-state index contributed by atoms with van der Waals surface area (Å²) in [6.07, 6.45) is 0.483. The molecule has 3 aliphatic rings. The van der Waals surface area contributed by atoms with Gasteiger partial charge in [-0.25, -0.2) is 9.07 Å². The zero-order chi connectivity index (χ0) is 22.3. The molecule has 1 spiro atoms. The molecule has 7 heteroatoms. The summed E-state index contributed by atoms with van der Waals surface area (Å²) >= 11 is 0. The number of hydrogen-bond donors (Lipinski definition) is 3. The highest BCUT2D eigenvalue weighted by atomic mass is 19.1. The summed E-state index contributed by atoms with van der Waals surface area (Å²) in [7, 11) is 0. The van der Waals surface area contributed by atoms with E-state index < -0.39 is 11.2 Å². The molecule has 160 valence electrons. The van der Waals surface area contributed by atoms with E-state index in [9.17, 15) is 14.0 Å². The first kappa shape index (κ1) is 18.2.